The van der Waals surface area contributed by atoms with Gasteiger partial charge >= 0.3 is 0 Å². The first-order valence-corrected chi connectivity index (χ1v) is 5.78. The molecule has 0 atom stereocenters. The van der Waals surface area contributed by atoms with Crippen LogP contribution in [-0.4, -0.2) is 17.7 Å². The summed E-state index contributed by atoms with van der Waals surface area (Å²) in [5.41, 5.74) is 1.51. The van der Waals surface area contributed by atoms with Crippen LogP contribution in [-0.2, 0) is 0 Å². The van der Waals surface area contributed by atoms with Crippen LogP contribution in [0.1, 0.15) is 22.3 Å². The Morgan fingerprint density at radius 1 is 1.47 bits per heavy atom. The zero-order valence-corrected chi connectivity index (χ0v) is 9.63. The maximum absolute atomic E-state index is 11.6. The molecule has 2 nitrogen and oxygen atoms in total. The van der Waals surface area contributed by atoms with E-state index < -0.39 is 0 Å². The molecule has 0 saturated carbocycles. The van der Waals surface area contributed by atoms with Crippen LogP contribution in [0.2, 0.25) is 0 Å². The minimum atomic E-state index is 0.138. The summed E-state index contributed by atoms with van der Waals surface area (Å²) in [6, 6.07) is 5.48. The SMILES string of the molecule is O=C1CCOc2ccc(C#CCBr)cc21. The van der Waals surface area contributed by atoms with Crippen LogP contribution in [0.15, 0.2) is 18.2 Å². The normalized spacial score (nSPS) is 13.5. The van der Waals surface area contributed by atoms with Crippen molar-refractivity contribution in [1.82, 2.24) is 0 Å². The molecular formula is C12H9BrO2. The summed E-state index contributed by atoms with van der Waals surface area (Å²) in [6.07, 6.45) is 0.461. The Balaban J connectivity index is 2.39. The highest BCUT2D eigenvalue weighted by molar-refractivity contribution is 9.09. The molecule has 1 aliphatic heterocycles. The van der Waals surface area contributed by atoms with Gasteiger partial charge in [-0.05, 0) is 18.2 Å². The Kier molecular flexibility index (Phi) is 3.08. The highest BCUT2D eigenvalue weighted by Crippen LogP contribution is 2.25. The van der Waals surface area contributed by atoms with Crippen molar-refractivity contribution in [2.45, 2.75) is 6.42 Å². The van der Waals surface area contributed by atoms with E-state index in [4.69, 9.17) is 4.74 Å². The summed E-state index contributed by atoms with van der Waals surface area (Å²) in [5.74, 6) is 6.68. The van der Waals surface area contributed by atoms with Gasteiger partial charge in [0.1, 0.15) is 5.75 Å². The highest BCUT2D eigenvalue weighted by atomic mass is 79.9. The number of hydrogen-bond acceptors (Lipinski definition) is 2. The lowest BCUT2D eigenvalue weighted by Crippen LogP contribution is -2.15. The maximum Gasteiger partial charge on any atom is 0.170 e. The Bertz CT molecular complexity index is 454. The average molecular weight is 265 g/mol. The van der Waals surface area contributed by atoms with E-state index in [2.05, 4.69) is 27.8 Å². The molecule has 0 unspecified atom stereocenters. The second-order valence-corrected chi connectivity index (χ2v) is 3.73. The van der Waals surface area contributed by atoms with Gasteiger partial charge in [0.25, 0.3) is 0 Å². The first-order chi connectivity index (χ1) is 7.31. The number of carbonyl (C=O) groups excluding carboxylic acids is 1. The standard InChI is InChI=1S/C12H9BrO2/c13-6-1-2-9-3-4-12-10(8-9)11(14)5-7-15-12/h3-4,8H,5-7H2. The minimum absolute atomic E-state index is 0.138. The largest absolute Gasteiger partial charge is 0.492 e. The molecule has 2 rings (SSSR count). The van der Waals surface area contributed by atoms with Crippen LogP contribution < -0.4 is 4.74 Å². The van der Waals surface area contributed by atoms with E-state index in [1.54, 1.807) is 6.07 Å². The molecule has 0 bridgehead atoms. The number of Topliss-reactive ketones (excluding diaryl/α,β-unsaturated/α-hetero) is 1. The van der Waals surface area contributed by atoms with Crippen molar-refractivity contribution in [3.05, 3.63) is 29.3 Å². The number of halogens is 1. The summed E-state index contributed by atoms with van der Waals surface area (Å²) < 4.78 is 5.38. The van der Waals surface area contributed by atoms with Gasteiger partial charge < -0.3 is 4.74 Å². The van der Waals surface area contributed by atoms with Crippen molar-refractivity contribution in [1.29, 1.82) is 0 Å². The molecule has 1 aromatic carbocycles. The Labute approximate surface area is 96.8 Å². The molecular weight excluding hydrogens is 256 g/mol. The van der Waals surface area contributed by atoms with Gasteiger partial charge in [0.05, 0.1) is 17.5 Å². The molecule has 1 aliphatic rings. The summed E-state index contributed by atoms with van der Waals surface area (Å²) >= 11 is 3.23. The summed E-state index contributed by atoms with van der Waals surface area (Å²) in [4.78, 5) is 11.6. The van der Waals surface area contributed by atoms with Crippen molar-refractivity contribution < 1.29 is 9.53 Å². The number of rotatable bonds is 0. The molecule has 0 aliphatic carbocycles. The molecule has 0 fully saturated rings. The van der Waals surface area contributed by atoms with E-state index in [9.17, 15) is 4.79 Å². The molecule has 1 heterocycles. The predicted molar refractivity (Wildman–Crippen MR) is 61.6 cm³/mol. The zero-order chi connectivity index (χ0) is 10.7. The van der Waals surface area contributed by atoms with Crippen molar-refractivity contribution in [3.63, 3.8) is 0 Å². The van der Waals surface area contributed by atoms with Gasteiger partial charge in [-0.3, -0.25) is 4.79 Å². The highest BCUT2D eigenvalue weighted by Gasteiger charge is 2.17. The fraction of sp³-hybridized carbons (Fsp3) is 0.250. The average Bonchev–Trinajstić information content (AvgIpc) is 2.27. The lowest BCUT2D eigenvalue weighted by molar-refractivity contribution is 0.0933. The first-order valence-electron chi connectivity index (χ1n) is 4.66. The number of benzene rings is 1. The van der Waals surface area contributed by atoms with Crippen molar-refractivity contribution in [2.24, 2.45) is 0 Å². The fourth-order valence-corrected chi connectivity index (χ4v) is 1.62. The lowest BCUT2D eigenvalue weighted by Gasteiger charge is -2.15. The molecule has 76 valence electrons. The molecule has 0 amide bonds. The number of alkyl halides is 1. The third kappa shape index (κ3) is 2.21. The van der Waals surface area contributed by atoms with Crippen molar-refractivity contribution >= 4 is 21.7 Å². The van der Waals surface area contributed by atoms with E-state index in [-0.39, 0.29) is 5.78 Å². The molecule has 0 saturated heterocycles. The predicted octanol–water partition coefficient (Wildman–Crippen LogP) is 2.40. The number of carbonyl (C=O) groups is 1. The van der Waals surface area contributed by atoms with Crippen molar-refractivity contribution in [2.75, 3.05) is 11.9 Å². The van der Waals surface area contributed by atoms with E-state index in [0.717, 1.165) is 5.56 Å². The van der Waals surface area contributed by atoms with E-state index in [1.807, 2.05) is 12.1 Å². The lowest BCUT2D eigenvalue weighted by atomic mass is 10.0. The van der Waals surface area contributed by atoms with Crippen LogP contribution >= 0.6 is 15.9 Å². The van der Waals surface area contributed by atoms with Gasteiger partial charge in [0, 0.05) is 12.0 Å². The van der Waals surface area contributed by atoms with Crippen LogP contribution in [0, 0.1) is 11.8 Å². The third-order valence-corrected chi connectivity index (χ3v) is 2.45. The van der Waals surface area contributed by atoms with Gasteiger partial charge in [0.2, 0.25) is 0 Å². The second kappa shape index (κ2) is 4.50. The van der Waals surface area contributed by atoms with Crippen LogP contribution in [0.3, 0.4) is 0 Å². The smallest absolute Gasteiger partial charge is 0.170 e. The van der Waals surface area contributed by atoms with Crippen LogP contribution in [0.4, 0.5) is 0 Å². The topological polar surface area (TPSA) is 26.3 Å². The van der Waals surface area contributed by atoms with Gasteiger partial charge in [0.15, 0.2) is 5.78 Å². The molecule has 15 heavy (non-hydrogen) atoms. The Morgan fingerprint density at radius 2 is 2.33 bits per heavy atom. The maximum atomic E-state index is 11.6. The molecule has 0 N–H and O–H groups in total. The first kappa shape index (κ1) is 10.3. The van der Waals surface area contributed by atoms with Gasteiger partial charge in [-0.2, -0.15) is 0 Å². The van der Waals surface area contributed by atoms with E-state index >= 15 is 0 Å². The summed E-state index contributed by atoms with van der Waals surface area (Å²) in [6.45, 7) is 0.484. The number of fused-ring (bicyclic) bond motifs is 1. The third-order valence-electron chi connectivity index (χ3n) is 2.17. The fourth-order valence-electron chi connectivity index (χ4n) is 1.48. The molecule has 3 heteroatoms. The molecule has 0 radical (unpaired) electrons. The number of ether oxygens (including phenoxy) is 1. The van der Waals surface area contributed by atoms with Crippen LogP contribution in [0.5, 0.6) is 5.75 Å². The Hall–Kier alpha value is -1.27. The summed E-state index contributed by atoms with van der Waals surface area (Å²) in [7, 11) is 0. The molecule has 0 aromatic heterocycles. The van der Waals surface area contributed by atoms with E-state index in [0.29, 0.717) is 29.7 Å². The van der Waals surface area contributed by atoms with Crippen LogP contribution in [0.25, 0.3) is 0 Å². The Morgan fingerprint density at radius 3 is 3.13 bits per heavy atom. The van der Waals surface area contributed by atoms with Crippen molar-refractivity contribution in [3.8, 4) is 17.6 Å². The number of hydrogen-bond donors (Lipinski definition) is 0. The molecule has 1 aromatic rings. The zero-order valence-electron chi connectivity index (χ0n) is 8.05. The minimum Gasteiger partial charge on any atom is -0.492 e. The second-order valence-electron chi connectivity index (χ2n) is 3.17. The number of ketones is 1. The molecule has 0 spiro atoms. The van der Waals surface area contributed by atoms with Gasteiger partial charge in [-0.15, -0.1) is 0 Å². The summed E-state index contributed by atoms with van der Waals surface area (Å²) in [5, 5.41) is 0.633. The monoisotopic (exact) mass is 264 g/mol. The van der Waals surface area contributed by atoms with Gasteiger partial charge in [-0.25, -0.2) is 0 Å². The van der Waals surface area contributed by atoms with Gasteiger partial charge in [-0.1, -0.05) is 27.8 Å². The van der Waals surface area contributed by atoms with E-state index in [1.165, 1.54) is 0 Å². The quantitative estimate of drug-likeness (QED) is 0.532.